The highest BCUT2D eigenvalue weighted by molar-refractivity contribution is 5.61. The lowest BCUT2D eigenvalue weighted by Crippen LogP contribution is -2.14. The zero-order valence-electron chi connectivity index (χ0n) is 19.8. The summed E-state index contributed by atoms with van der Waals surface area (Å²) in [7, 11) is 0. The maximum Gasteiger partial charge on any atom is 0.513 e. The molecule has 0 rings (SSSR count). The monoisotopic (exact) mass is 438 g/mol. The minimum atomic E-state index is -0.781. The minimum absolute atomic E-state index is 0.0432. The van der Waals surface area contributed by atoms with Crippen LogP contribution >= 0.6 is 0 Å². The molecular weight excluding hydrogens is 400 g/mol. The predicted molar refractivity (Wildman–Crippen MR) is 121 cm³/mol. The first kappa shape index (κ1) is 28.5. The van der Waals surface area contributed by atoms with E-state index in [4.69, 9.17) is 23.7 Å². The van der Waals surface area contributed by atoms with E-state index in [-0.39, 0.29) is 26.4 Å². The first-order valence-corrected chi connectivity index (χ1v) is 10.5. The van der Waals surface area contributed by atoms with Gasteiger partial charge < -0.3 is 23.7 Å². The molecule has 31 heavy (non-hydrogen) atoms. The van der Waals surface area contributed by atoms with Crippen molar-refractivity contribution in [2.75, 3.05) is 26.4 Å². The van der Waals surface area contributed by atoms with Gasteiger partial charge in [-0.05, 0) is 78.4 Å². The summed E-state index contributed by atoms with van der Waals surface area (Å²) in [5, 5.41) is 0. The molecule has 7 nitrogen and oxygen atoms in total. The lowest BCUT2D eigenvalue weighted by Gasteiger charge is -2.06. The van der Waals surface area contributed by atoms with Crippen LogP contribution in [0.1, 0.15) is 67.2 Å². The minimum Gasteiger partial charge on any atom is -0.432 e. The summed E-state index contributed by atoms with van der Waals surface area (Å²) in [5.41, 5.74) is 4.42. The molecule has 0 fully saturated rings. The summed E-state index contributed by atoms with van der Waals surface area (Å²) in [6.45, 7) is 12.4. The van der Waals surface area contributed by atoms with Crippen molar-refractivity contribution in [3.05, 3.63) is 47.0 Å². The highest BCUT2D eigenvalue weighted by Gasteiger charge is 2.04. The third-order valence-corrected chi connectivity index (χ3v) is 3.79. The average molecular weight is 439 g/mol. The Morgan fingerprint density at radius 3 is 1.35 bits per heavy atom. The van der Waals surface area contributed by atoms with E-state index < -0.39 is 12.3 Å². The molecule has 0 saturated carbocycles. The Balaban J connectivity index is 3.73. The molecule has 0 aromatic carbocycles. The molecular formula is C24H38O7. The van der Waals surface area contributed by atoms with Crippen molar-refractivity contribution < 1.29 is 33.3 Å². The lowest BCUT2D eigenvalue weighted by molar-refractivity contribution is 0.0199. The largest absolute Gasteiger partial charge is 0.513 e. The smallest absolute Gasteiger partial charge is 0.432 e. The van der Waals surface area contributed by atoms with Gasteiger partial charge in [-0.2, -0.15) is 0 Å². The normalized spacial score (nSPS) is 11.4. The van der Waals surface area contributed by atoms with Gasteiger partial charge in [-0.25, -0.2) is 9.59 Å². The van der Waals surface area contributed by atoms with Crippen LogP contribution in [0.2, 0.25) is 0 Å². The molecule has 0 atom stereocenters. The number of ether oxygens (including phenoxy) is 5. The number of hydrogen-bond donors (Lipinski definition) is 0. The van der Waals surface area contributed by atoms with E-state index in [1.165, 1.54) is 23.7 Å². The molecule has 176 valence electrons. The Labute approximate surface area is 186 Å². The Bertz CT molecular complexity index is 593. The first-order chi connectivity index (χ1) is 14.7. The van der Waals surface area contributed by atoms with E-state index in [1.807, 2.05) is 41.5 Å². The summed E-state index contributed by atoms with van der Waals surface area (Å²) in [5.74, 6) is 0. The number of carbonyl (C=O) groups is 2. The SMILES string of the molecule is CC(C)=CCC/C(C)=C/OC(=O)OCCOCCOC(=O)O/C=C(\C)CCC=C(C)C. The summed E-state index contributed by atoms with van der Waals surface area (Å²) >= 11 is 0. The van der Waals surface area contributed by atoms with E-state index in [0.717, 1.165) is 36.8 Å². The third kappa shape index (κ3) is 20.5. The van der Waals surface area contributed by atoms with E-state index in [2.05, 4.69) is 12.2 Å². The van der Waals surface area contributed by atoms with Crippen molar-refractivity contribution in [1.82, 2.24) is 0 Å². The molecule has 0 saturated heterocycles. The van der Waals surface area contributed by atoms with Crippen LogP contribution in [-0.4, -0.2) is 38.7 Å². The molecule has 0 heterocycles. The quantitative estimate of drug-likeness (QED) is 0.131. The second kappa shape index (κ2) is 18.2. The zero-order valence-corrected chi connectivity index (χ0v) is 19.8. The van der Waals surface area contributed by atoms with Gasteiger partial charge in [0.1, 0.15) is 13.2 Å². The van der Waals surface area contributed by atoms with Gasteiger partial charge in [-0.3, -0.25) is 0 Å². The van der Waals surface area contributed by atoms with Crippen molar-refractivity contribution in [3.63, 3.8) is 0 Å². The Morgan fingerprint density at radius 1 is 0.613 bits per heavy atom. The van der Waals surface area contributed by atoms with E-state index in [1.54, 1.807) is 0 Å². The fraction of sp³-hybridized carbons (Fsp3) is 0.583. The summed E-state index contributed by atoms with van der Waals surface area (Å²) in [4.78, 5) is 23.0. The fourth-order valence-corrected chi connectivity index (χ4v) is 2.13. The van der Waals surface area contributed by atoms with Gasteiger partial charge in [-0.15, -0.1) is 0 Å². The highest BCUT2D eigenvalue weighted by atomic mass is 16.7. The third-order valence-electron chi connectivity index (χ3n) is 3.79. The van der Waals surface area contributed by atoms with Crippen molar-refractivity contribution in [2.45, 2.75) is 67.2 Å². The summed E-state index contributed by atoms with van der Waals surface area (Å²) < 4.78 is 24.8. The van der Waals surface area contributed by atoms with Crippen molar-refractivity contribution >= 4 is 12.3 Å². The van der Waals surface area contributed by atoms with Gasteiger partial charge in [0.25, 0.3) is 0 Å². The molecule has 0 aliphatic carbocycles. The second-order valence-corrected chi connectivity index (χ2v) is 7.61. The van der Waals surface area contributed by atoms with Crippen LogP contribution in [0.3, 0.4) is 0 Å². The van der Waals surface area contributed by atoms with Gasteiger partial charge in [0.05, 0.1) is 25.7 Å². The maximum absolute atomic E-state index is 11.5. The van der Waals surface area contributed by atoms with Crippen LogP contribution in [0.15, 0.2) is 47.0 Å². The van der Waals surface area contributed by atoms with Gasteiger partial charge in [0.15, 0.2) is 0 Å². The van der Waals surface area contributed by atoms with Gasteiger partial charge in [0, 0.05) is 0 Å². The van der Waals surface area contributed by atoms with E-state index in [0.29, 0.717) is 0 Å². The number of rotatable bonds is 14. The number of carbonyl (C=O) groups excluding carboxylic acids is 2. The van der Waals surface area contributed by atoms with Crippen molar-refractivity contribution in [1.29, 1.82) is 0 Å². The van der Waals surface area contributed by atoms with E-state index >= 15 is 0 Å². The zero-order chi connectivity index (χ0) is 23.5. The Hall–Kier alpha value is -2.54. The molecule has 0 bridgehead atoms. The molecule has 0 aromatic rings. The maximum atomic E-state index is 11.5. The standard InChI is InChI=1S/C24H38O7/c1-19(2)9-7-11-21(5)17-30-23(25)28-15-13-27-14-16-29-24(26)31-18-22(6)12-8-10-20(3)4/h9-10,17-18H,7-8,11-16H2,1-6H3/b21-17+,22-18+. The molecule has 0 amide bonds. The fourth-order valence-electron chi connectivity index (χ4n) is 2.13. The van der Waals surface area contributed by atoms with Crippen LogP contribution in [-0.2, 0) is 23.7 Å². The van der Waals surface area contributed by atoms with Crippen LogP contribution in [0.4, 0.5) is 9.59 Å². The molecule has 0 unspecified atom stereocenters. The lowest BCUT2D eigenvalue weighted by atomic mass is 10.1. The Morgan fingerprint density at radius 2 is 1.00 bits per heavy atom. The molecule has 0 aromatic heterocycles. The van der Waals surface area contributed by atoms with Crippen molar-refractivity contribution in [3.8, 4) is 0 Å². The molecule has 7 heteroatoms. The van der Waals surface area contributed by atoms with E-state index in [9.17, 15) is 9.59 Å². The highest BCUT2D eigenvalue weighted by Crippen LogP contribution is 2.08. The van der Waals surface area contributed by atoms with Crippen molar-refractivity contribution in [2.24, 2.45) is 0 Å². The Kier molecular flexibility index (Phi) is 16.8. The van der Waals surface area contributed by atoms with Crippen LogP contribution < -0.4 is 0 Å². The molecule has 0 spiro atoms. The molecule has 0 aliphatic heterocycles. The number of allylic oxidation sites excluding steroid dienone is 6. The summed E-state index contributed by atoms with van der Waals surface area (Å²) in [6.07, 6.45) is 8.93. The van der Waals surface area contributed by atoms with Gasteiger partial charge in [0.2, 0.25) is 0 Å². The molecule has 0 aliphatic rings. The van der Waals surface area contributed by atoms with Crippen LogP contribution in [0.25, 0.3) is 0 Å². The summed E-state index contributed by atoms with van der Waals surface area (Å²) in [6, 6.07) is 0. The van der Waals surface area contributed by atoms with Gasteiger partial charge in [-0.1, -0.05) is 23.3 Å². The molecule has 0 radical (unpaired) electrons. The molecule has 0 N–H and O–H groups in total. The predicted octanol–water partition coefficient (Wildman–Crippen LogP) is 6.61. The van der Waals surface area contributed by atoms with Gasteiger partial charge >= 0.3 is 12.3 Å². The average Bonchev–Trinajstić information content (AvgIpc) is 2.69. The van der Waals surface area contributed by atoms with Crippen LogP contribution in [0.5, 0.6) is 0 Å². The van der Waals surface area contributed by atoms with Crippen LogP contribution in [0, 0.1) is 0 Å². The number of hydrogen-bond acceptors (Lipinski definition) is 7. The first-order valence-electron chi connectivity index (χ1n) is 10.5. The topological polar surface area (TPSA) is 80.3 Å². The second-order valence-electron chi connectivity index (χ2n) is 7.61.